The van der Waals surface area contributed by atoms with E-state index in [0.29, 0.717) is 0 Å². The third kappa shape index (κ3) is 17.4. The van der Waals surface area contributed by atoms with Gasteiger partial charge in [-0.2, -0.15) is 0 Å². The van der Waals surface area contributed by atoms with Gasteiger partial charge in [0.2, 0.25) is 11.8 Å². The van der Waals surface area contributed by atoms with Gasteiger partial charge in [-0.15, -0.1) is 0 Å². The molecule has 3 heterocycles. The summed E-state index contributed by atoms with van der Waals surface area (Å²) in [6.07, 6.45) is 0. The van der Waals surface area contributed by atoms with Crippen molar-refractivity contribution in [2.24, 2.45) is 0 Å². The van der Waals surface area contributed by atoms with Crippen LogP contribution in [0, 0.1) is 0 Å². The lowest BCUT2D eigenvalue weighted by molar-refractivity contribution is -0.156. The number of anilines is 3. The van der Waals surface area contributed by atoms with E-state index >= 15 is 0 Å². The minimum absolute atomic E-state index is 0.0488. The largest absolute Gasteiger partial charge is 0.494 e. The average molecular weight is 1000 g/mol. The Bertz CT molecular complexity index is 1880. The molecule has 0 bridgehead atoms. The quantitative estimate of drug-likeness (QED) is 0.0980. The lowest BCUT2D eigenvalue weighted by Crippen LogP contribution is -2.41. The smallest absolute Gasteiger partial charge is 0.405 e. The van der Waals surface area contributed by atoms with Crippen LogP contribution in [0.2, 0.25) is 0 Å². The Balaban J connectivity index is 0.000000286. The second kappa shape index (κ2) is 22.6. The number of hydrogen-bond acceptors (Lipinski definition) is 12. The molecule has 3 aromatic carbocycles. The fourth-order valence-electron chi connectivity index (χ4n) is 5.31. The second-order valence-electron chi connectivity index (χ2n) is 18.0. The van der Waals surface area contributed by atoms with Crippen LogP contribution < -0.4 is 21.8 Å². The molecule has 0 radical (unpaired) electrons. The molecule has 14 nitrogen and oxygen atoms in total. The molecule has 0 aromatic heterocycles. The van der Waals surface area contributed by atoms with E-state index in [1.165, 1.54) is 27.7 Å². The summed E-state index contributed by atoms with van der Waals surface area (Å²) in [7, 11) is -1.32. The van der Waals surface area contributed by atoms with Gasteiger partial charge in [-0.25, -0.2) is 0 Å². The highest BCUT2D eigenvalue weighted by Crippen LogP contribution is 2.43. The predicted octanol–water partition coefficient (Wildman–Crippen LogP) is 8.73. The Hall–Kier alpha value is -3.55. The molecule has 0 atom stereocenters. The molecule has 0 spiro atoms. The van der Waals surface area contributed by atoms with Crippen LogP contribution in [0.3, 0.4) is 0 Å². The van der Waals surface area contributed by atoms with Crippen molar-refractivity contribution in [3.63, 3.8) is 0 Å². The summed E-state index contributed by atoms with van der Waals surface area (Å²) >= 11 is 6.59. The standard InChI is InChI=1S/C14H20BNO3.C12H24B2O4.C8H8BrNO.C6H6BrN.C4H6O3/c1-10(17)16-12-8-6-11(7-9-12)15-18-13(2,3)14(4,5)19-15;1-9(2)10(3,4)16-13(15-9)14-17-11(5,6)12(7,8)18-14;1-6(11)10-8-4-2-7(9)3-5-8;7-5-1-3-6(8)4-2-5;1-3(5)7-4(2)6/h6-9H,1-5H3,(H,16,17);1-8H3;2-5H,1H3,(H,10,11);1-4H,8H2;1-2H3. The predicted molar refractivity (Wildman–Crippen MR) is 258 cm³/mol. The Morgan fingerprint density at radius 2 is 0.746 bits per heavy atom. The summed E-state index contributed by atoms with van der Waals surface area (Å²) < 4.78 is 41.8. The van der Waals surface area contributed by atoms with Gasteiger partial charge in [0, 0.05) is 53.7 Å². The van der Waals surface area contributed by atoms with Gasteiger partial charge in [-0.1, -0.05) is 44.0 Å². The third-order valence-electron chi connectivity index (χ3n) is 10.8. The maximum Gasteiger partial charge on any atom is 0.494 e. The van der Waals surface area contributed by atoms with Crippen molar-refractivity contribution < 1.29 is 51.8 Å². The zero-order chi connectivity index (χ0) is 48.4. The van der Waals surface area contributed by atoms with Crippen molar-refractivity contribution in [3.8, 4) is 0 Å². The molecule has 2 amide bonds. The van der Waals surface area contributed by atoms with Crippen molar-refractivity contribution in [1.29, 1.82) is 0 Å². The van der Waals surface area contributed by atoms with Gasteiger partial charge in [0.25, 0.3) is 0 Å². The number of esters is 2. The normalized spacial score (nSPS) is 18.9. The Morgan fingerprint density at radius 1 is 0.476 bits per heavy atom. The van der Waals surface area contributed by atoms with Gasteiger partial charge in [-0.05, 0) is 149 Å². The zero-order valence-corrected chi connectivity index (χ0v) is 42.7. The molecule has 6 rings (SSSR count). The van der Waals surface area contributed by atoms with E-state index in [-0.39, 0.29) is 52.5 Å². The van der Waals surface area contributed by atoms with Crippen LogP contribution in [0.5, 0.6) is 0 Å². The first-order valence-corrected chi connectivity index (χ1v) is 22.0. The first-order valence-electron chi connectivity index (χ1n) is 20.4. The van der Waals surface area contributed by atoms with E-state index in [2.05, 4.69) is 47.2 Å². The van der Waals surface area contributed by atoms with E-state index in [9.17, 15) is 19.2 Å². The summed E-state index contributed by atoms with van der Waals surface area (Å²) in [6.45, 7) is 29.7. The van der Waals surface area contributed by atoms with Crippen LogP contribution >= 0.6 is 31.9 Å². The number of nitrogens with one attached hydrogen (secondary N) is 2. The van der Waals surface area contributed by atoms with Gasteiger partial charge in [0.15, 0.2) is 0 Å². The highest BCUT2D eigenvalue weighted by Gasteiger charge is 2.63. The number of rotatable bonds is 4. The maximum absolute atomic E-state index is 11.0. The van der Waals surface area contributed by atoms with E-state index in [1.54, 1.807) is 0 Å². The molecule has 63 heavy (non-hydrogen) atoms. The molecule has 0 saturated carbocycles. The number of carbonyl (C=O) groups excluding carboxylic acids is 4. The number of nitrogen functional groups attached to an aromatic ring is 1. The lowest BCUT2D eigenvalue weighted by atomic mass is 9.49. The fraction of sp³-hybridized carbons (Fsp3) is 0.500. The van der Waals surface area contributed by atoms with Crippen molar-refractivity contribution in [2.75, 3.05) is 16.4 Å². The van der Waals surface area contributed by atoms with Crippen LogP contribution in [0.15, 0.2) is 81.7 Å². The van der Waals surface area contributed by atoms with Gasteiger partial charge in [0.1, 0.15) is 0 Å². The van der Waals surface area contributed by atoms with E-state index in [0.717, 1.165) is 31.5 Å². The summed E-state index contributed by atoms with van der Waals surface area (Å²) in [5.74, 6) is -1.25. The SMILES string of the molecule is CC(=O)Nc1ccc(B2OC(C)(C)C(C)(C)O2)cc1.CC(=O)Nc1ccc(Br)cc1.CC(=O)OC(C)=O.CC1(C)OB(B2OC(C)(C)C(C)(C)O2)OC1(C)C.Nc1ccc(Br)cc1. The topological polar surface area (TPSA) is 183 Å². The summed E-state index contributed by atoms with van der Waals surface area (Å²) in [5.41, 5.74) is 6.63. The molecule has 4 N–H and O–H groups in total. The molecule has 0 unspecified atom stereocenters. The van der Waals surface area contributed by atoms with Gasteiger partial charge < -0.3 is 49.0 Å². The molecule has 3 aliphatic rings. The number of nitrogens with two attached hydrogens (primary N) is 1. The number of carbonyl (C=O) groups is 4. The molecular formula is C44H64B3Br2N3O11. The number of ether oxygens (including phenoxy) is 1. The average Bonchev–Trinajstić information content (AvgIpc) is 3.60. The molecule has 19 heteroatoms. The molecule has 0 aliphatic carbocycles. The van der Waals surface area contributed by atoms with Gasteiger partial charge in [0.05, 0.1) is 33.6 Å². The molecule has 3 saturated heterocycles. The highest BCUT2D eigenvalue weighted by molar-refractivity contribution is 9.10. The Morgan fingerprint density at radius 3 is 1.00 bits per heavy atom. The molecular weight excluding hydrogens is 939 g/mol. The number of halogens is 2. The zero-order valence-electron chi connectivity index (χ0n) is 39.5. The minimum atomic E-state index is -0.562. The first kappa shape index (κ1) is 55.6. The molecule has 3 aliphatic heterocycles. The summed E-state index contributed by atoms with van der Waals surface area (Å²) in [5, 5.41) is 5.41. The van der Waals surface area contributed by atoms with Crippen LogP contribution in [0.1, 0.15) is 111 Å². The number of hydrogen-bond donors (Lipinski definition) is 3. The minimum Gasteiger partial charge on any atom is -0.405 e. The monoisotopic (exact) mass is 1000 g/mol. The molecule has 3 aromatic rings. The Kier molecular flexibility index (Phi) is 19.9. The van der Waals surface area contributed by atoms with Crippen LogP contribution in [-0.4, -0.2) is 78.5 Å². The lowest BCUT2D eigenvalue weighted by Gasteiger charge is -2.32. The van der Waals surface area contributed by atoms with Crippen molar-refractivity contribution in [2.45, 2.75) is 144 Å². The van der Waals surface area contributed by atoms with Crippen LogP contribution in [0.25, 0.3) is 0 Å². The Labute approximate surface area is 391 Å². The second-order valence-corrected chi connectivity index (χ2v) is 19.8. The van der Waals surface area contributed by atoms with Gasteiger partial charge in [-0.3, -0.25) is 19.2 Å². The molecule has 344 valence electrons. The number of amides is 2. The highest BCUT2D eigenvalue weighted by atomic mass is 79.9. The van der Waals surface area contributed by atoms with E-state index in [1.807, 2.05) is 156 Å². The van der Waals surface area contributed by atoms with E-state index in [4.69, 9.17) is 33.7 Å². The molecule has 3 fully saturated rings. The van der Waals surface area contributed by atoms with Crippen molar-refractivity contribution >= 4 is 99.3 Å². The van der Waals surface area contributed by atoms with Crippen LogP contribution in [0.4, 0.5) is 17.1 Å². The van der Waals surface area contributed by atoms with Gasteiger partial charge >= 0.3 is 33.1 Å². The van der Waals surface area contributed by atoms with E-state index < -0.39 is 26.0 Å². The summed E-state index contributed by atoms with van der Waals surface area (Å²) in [6, 6.07) is 22.5. The van der Waals surface area contributed by atoms with Crippen molar-refractivity contribution in [3.05, 3.63) is 81.7 Å². The third-order valence-corrected chi connectivity index (χ3v) is 11.9. The number of benzene rings is 3. The summed E-state index contributed by atoms with van der Waals surface area (Å²) in [4.78, 5) is 41.2. The van der Waals surface area contributed by atoms with Crippen molar-refractivity contribution in [1.82, 2.24) is 0 Å². The first-order chi connectivity index (χ1) is 28.7. The van der Waals surface area contributed by atoms with Crippen LogP contribution in [-0.2, 0) is 51.8 Å². The fourth-order valence-corrected chi connectivity index (χ4v) is 5.84. The maximum atomic E-state index is 11.0.